The fourth-order valence-electron chi connectivity index (χ4n) is 3.89. The number of nitrogens with one attached hydrogen (secondary N) is 1. The number of nitrogens with zero attached hydrogens (tertiary/aromatic N) is 1. The Morgan fingerprint density at radius 3 is 2.41 bits per heavy atom. The monoisotopic (exact) mass is 419 g/mol. The summed E-state index contributed by atoms with van der Waals surface area (Å²) in [6, 6.07) is 3.12. The molecule has 1 unspecified atom stereocenters. The Balaban J connectivity index is 0.00000261. The first-order valence-electron chi connectivity index (χ1n) is 9.23. The van der Waals surface area contributed by atoms with E-state index in [0.717, 1.165) is 44.6 Å². The van der Waals surface area contributed by atoms with Gasteiger partial charge in [-0.2, -0.15) is 0 Å². The molecule has 1 aliphatic carbocycles. The summed E-state index contributed by atoms with van der Waals surface area (Å²) >= 11 is 0. The lowest BCUT2D eigenvalue weighted by Crippen LogP contribution is -2.44. The van der Waals surface area contributed by atoms with Crippen molar-refractivity contribution >= 4 is 28.3 Å². The smallest absolute Gasteiger partial charge is 0.256 e. The molecule has 2 fully saturated rings. The first-order valence-corrected chi connectivity index (χ1v) is 10.7. The zero-order valence-corrected chi connectivity index (χ0v) is 16.8. The third kappa shape index (κ3) is 4.99. The van der Waals surface area contributed by atoms with Crippen molar-refractivity contribution in [3.63, 3.8) is 0 Å². The van der Waals surface area contributed by atoms with Gasteiger partial charge in [-0.1, -0.05) is 12.8 Å². The van der Waals surface area contributed by atoms with Crippen LogP contribution in [0.3, 0.4) is 0 Å². The predicted octanol–water partition coefficient (Wildman–Crippen LogP) is 2.28. The van der Waals surface area contributed by atoms with Crippen molar-refractivity contribution in [2.45, 2.75) is 49.5 Å². The van der Waals surface area contributed by atoms with Crippen LogP contribution in [0.1, 0.15) is 48.9 Å². The molecule has 1 aromatic rings. The van der Waals surface area contributed by atoms with Gasteiger partial charge in [0.05, 0.1) is 10.5 Å². The minimum Gasteiger partial charge on any atom is -0.339 e. The Morgan fingerprint density at radius 1 is 1.22 bits per heavy atom. The summed E-state index contributed by atoms with van der Waals surface area (Å²) < 4.78 is 42.3. The number of amides is 1. The van der Waals surface area contributed by atoms with Crippen LogP contribution in [-0.4, -0.2) is 44.9 Å². The van der Waals surface area contributed by atoms with Crippen molar-refractivity contribution in [2.24, 2.45) is 11.7 Å². The average molecular weight is 420 g/mol. The zero-order chi connectivity index (χ0) is 18.7. The normalized spacial score (nSPS) is 19.1. The summed E-state index contributed by atoms with van der Waals surface area (Å²) in [6.45, 7) is 1.43. The fourth-order valence-corrected chi connectivity index (χ4v) is 5.22. The zero-order valence-electron chi connectivity index (χ0n) is 15.2. The number of carbonyl (C=O) groups excluding carboxylic acids is 1. The standard InChI is InChI=1S/C18H26FN3O3S.ClH/c19-16-11-14(7-8-15(16)18(23)22-9-3-4-10-22)26(24,25)21-17(12-20)13-5-1-2-6-13;/h7-8,11,13,17,21H,1-6,9-10,12,20H2;1H. The van der Waals surface area contributed by atoms with E-state index in [2.05, 4.69) is 4.72 Å². The number of halogens is 2. The van der Waals surface area contributed by atoms with E-state index >= 15 is 0 Å². The van der Waals surface area contributed by atoms with Crippen LogP contribution < -0.4 is 10.5 Å². The Hall–Kier alpha value is -1.22. The second-order valence-electron chi connectivity index (χ2n) is 7.15. The Labute approximate surface area is 166 Å². The number of sulfonamides is 1. The number of benzene rings is 1. The van der Waals surface area contributed by atoms with Crippen molar-refractivity contribution < 1.29 is 17.6 Å². The van der Waals surface area contributed by atoms with E-state index in [1.165, 1.54) is 12.1 Å². The molecule has 0 spiro atoms. The van der Waals surface area contributed by atoms with Gasteiger partial charge in [-0.05, 0) is 49.8 Å². The minimum absolute atomic E-state index is 0. The highest BCUT2D eigenvalue weighted by atomic mass is 35.5. The third-order valence-corrected chi connectivity index (χ3v) is 6.89. The van der Waals surface area contributed by atoms with Crippen molar-refractivity contribution in [1.82, 2.24) is 9.62 Å². The van der Waals surface area contributed by atoms with Crippen LogP contribution in [0.25, 0.3) is 0 Å². The Bertz CT molecular complexity index is 763. The molecule has 0 radical (unpaired) electrons. The van der Waals surface area contributed by atoms with Gasteiger partial charge in [0.25, 0.3) is 5.91 Å². The summed E-state index contributed by atoms with van der Waals surface area (Å²) in [6.07, 6.45) is 5.86. The van der Waals surface area contributed by atoms with Crippen LogP contribution >= 0.6 is 12.4 Å². The van der Waals surface area contributed by atoms with Crippen LogP contribution in [0.4, 0.5) is 4.39 Å². The van der Waals surface area contributed by atoms with E-state index in [4.69, 9.17) is 5.73 Å². The number of hydrogen-bond donors (Lipinski definition) is 2. The lowest BCUT2D eigenvalue weighted by Gasteiger charge is -2.23. The van der Waals surface area contributed by atoms with E-state index in [0.29, 0.717) is 13.1 Å². The van der Waals surface area contributed by atoms with E-state index < -0.39 is 15.8 Å². The van der Waals surface area contributed by atoms with Crippen LogP contribution in [0.5, 0.6) is 0 Å². The van der Waals surface area contributed by atoms with E-state index in [1.807, 2.05) is 0 Å². The van der Waals surface area contributed by atoms with Crippen molar-refractivity contribution in [3.8, 4) is 0 Å². The topological polar surface area (TPSA) is 92.5 Å². The molecule has 1 amide bonds. The number of rotatable bonds is 6. The molecule has 6 nitrogen and oxygen atoms in total. The fraction of sp³-hybridized carbons (Fsp3) is 0.611. The van der Waals surface area contributed by atoms with Crippen molar-refractivity contribution in [1.29, 1.82) is 0 Å². The molecule has 152 valence electrons. The van der Waals surface area contributed by atoms with Crippen LogP contribution in [-0.2, 0) is 10.0 Å². The molecular formula is C18H27ClFN3O3S. The van der Waals surface area contributed by atoms with Gasteiger partial charge in [-0.15, -0.1) is 12.4 Å². The van der Waals surface area contributed by atoms with Gasteiger partial charge in [-0.25, -0.2) is 17.5 Å². The average Bonchev–Trinajstić information content (AvgIpc) is 3.32. The number of nitrogens with two attached hydrogens (primary N) is 1. The summed E-state index contributed by atoms with van der Waals surface area (Å²) in [7, 11) is -3.89. The maximum atomic E-state index is 14.4. The van der Waals surface area contributed by atoms with Crippen molar-refractivity contribution in [3.05, 3.63) is 29.6 Å². The highest BCUT2D eigenvalue weighted by molar-refractivity contribution is 7.89. The van der Waals surface area contributed by atoms with Gasteiger partial charge in [0.15, 0.2) is 0 Å². The van der Waals surface area contributed by atoms with Gasteiger partial charge in [-0.3, -0.25) is 4.79 Å². The largest absolute Gasteiger partial charge is 0.339 e. The summed E-state index contributed by atoms with van der Waals surface area (Å²) in [5.74, 6) is -0.978. The molecule has 1 saturated carbocycles. The third-order valence-electron chi connectivity index (χ3n) is 5.40. The molecule has 3 rings (SSSR count). The Morgan fingerprint density at radius 2 is 1.85 bits per heavy atom. The predicted molar refractivity (Wildman–Crippen MR) is 104 cm³/mol. The first kappa shape index (κ1) is 22.1. The highest BCUT2D eigenvalue weighted by Gasteiger charge is 2.29. The maximum absolute atomic E-state index is 14.4. The second-order valence-corrected chi connectivity index (χ2v) is 8.86. The van der Waals surface area contributed by atoms with Gasteiger partial charge >= 0.3 is 0 Å². The number of likely N-dealkylation sites (tertiary alicyclic amines) is 1. The molecule has 9 heteroatoms. The van der Waals surface area contributed by atoms with Crippen LogP contribution in [0.2, 0.25) is 0 Å². The second kappa shape index (κ2) is 9.32. The van der Waals surface area contributed by atoms with Gasteiger partial charge in [0.2, 0.25) is 10.0 Å². The van der Waals surface area contributed by atoms with E-state index in [-0.39, 0.29) is 47.3 Å². The molecule has 3 N–H and O–H groups in total. The van der Waals surface area contributed by atoms with Crippen LogP contribution in [0.15, 0.2) is 23.1 Å². The van der Waals surface area contributed by atoms with Gasteiger partial charge in [0, 0.05) is 25.7 Å². The minimum atomic E-state index is -3.89. The molecule has 1 aromatic carbocycles. The first-order chi connectivity index (χ1) is 12.4. The highest BCUT2D eigenvalue weighted by Crippen LogP contribution is 2.28. The van der Waals surface area contributed by atoms with E-state index in [9.17, 15) is 17.6 Å². The number of carbonyl (C=O) groups is 1. The summed E-state index contributed by atoms with van der Waals surface area (Å²) in [5, 5.41) is 0. The number of hydrogen-bond acceptors (Lipinski definition) is 4. The van der Waals surface area contributed by atoms with Crippen molar-refractivity contribution in [2.75, 3.05) is 19.6 Å². The lowest BCUT2D eigenvalue weighted by atomic mass is 9.99. The molecular weight excluding hydrogens is 393 g/mol. The molecule has 1 heterocycles. The SMILES string of the molecule is Cl.NCC(NS(=O)(=O)c1ccc(C(=O)N2CCCC2)c(F)c1)C1CCCC1. The summed E-state index contributed by atoms with van der Waals surface area (Å²) in [4.78, 5) is 13.7. The molecule has 0 bridgehead atoms. The summed E-state index contributed by atoms with van der Waals surface area (Å²) in [5.41, 5.74) is 5.66. The molecule has 0 aromatic heterocycles. The van der Waals surface area contributed by atoms with Gasteiger partial charge < -0.3 is 10.6 Å². The van der Waals surface area contributed by atoms with Crippen LogP contribution in [0, 0.1) is 11.7 Å². The van der Waals surface area contributed by atoms with Gasteiger partial charge in [0.1, 0.15) is 5.82 Å². The van der Waals surface area contributed by atoms with E-state index in [1.54, 1.807) is 4.90 Å². The molecule has 2 aliphatic rings. The molecule has 1 saturated heterocycles. The Kier molecular flexibility index (Phi) is 7.62. The lowest BCUT2D eigenvalue weighted by molar-refractivity contribution is 0.0788. The quantitative estimate of drug-likeness (QED) is 0.739. The molecule has 1 aliphatic heterocycles. The molecule has 1 atom stereocenters. The molecule has 27 heavy (non-hydrogen) atoms. The maximum Gasteiger partial charge on any atom is 0.256 e.